The number of hydrogen-bond donors (Lipinski definition) is 1. The van der Waals surface area contributed by atoms with Gasteiger partial charge in [0.2, 0.25) is 0 Å². The van der Waals surface area contributed by atoms with Gasteiger partial charge < -0.3 is 14.6 Å². The summed E-state index contributed by atoms with van der Waals surface area (Å²) >= 11 is 12.1. The molecule has 0 saturated heterocycles. The number of nitrogens with zero attached hydrogens (tertiary/aromatic N) is 1. The minimum Gasteiger partial charge on any atom is -0.492 e. The summed E-state index contributed by atoms with van der Waals surface area (Å²) in [6.45, 7) is 5.41. The molecule has 0 bridgehead atoms. The molecule has 1 aliphatic rings. The molecule has 0 radical (unpaired) electrons. The van der Waals surface area contributed by atoms with Crippen molar-refractivity contribution in [3.63, 3.8) is 0 Å². The van der Waals surface area contributed by atoms with Crippen molar-refractivity contribution in [1.29, 1.82) is 0 Å². The maximum Gasteiger partial charge on any atom is 0.333 e. The molecule has 0 aromatic heterocycles. The zero-order valence-electron chi connectivity index (χ0n) is 17.5. The first-order chi connectivity index (χ1) is 15.0. The van der Waals surface area contributed by atoms with Gasteiger partial charge in [0.05, 0.1) is 10.0 Å². The average Bonchev–Trinajstić information content (AvgIpc) is 2.77. The molecule has 0 unspecified atom stereocenters. The second-order valence-electron chi connectivity index (χ2n) is 7.39. The van der Waals surface area contributed by atoms with Crippen LogP contribution in [0.5, 0.6) is 5.75 Å². The highest BCUT2D eigenvalue weighted by Crippen LogP contribution is 2.29. The van der Waals surface area contributed by atoms with E-state index in [9.17, 15) is 9.90 Å². The van der Waals surface area contributed by atoms with Gasteiger partial charge >= 0.3 is 5.97 Å². The normalized spacial score (nSPS) is 15.4. The summed E-state index contributed by atoms with van der Waals surface area (Å²) in [5.74, 6) is -0.170. The fraction of sp³-hybridized carbons (Fsp3) is 0.375. The highest BCUT2D eigenvalue weighted by Gasteiger charge is 2.18. The van der Waals surface area contributed by atoms with Gasteiger partial charge in [-0.15, -0.1) is 0 Å². The van der Waals surface area contributed by atoms with Gasteiger partial charge in [0.1, 0.15) is 12.4 Å². The number of carboxylic acids is 1. The summed E-state index contributed by atoms with van der Waals surface area (Å²) in [7, 11) is 0. The number of rotatable bonds is 10. The molecule has 31 heavy (non-hydrogen) atoms. The summed E-state index contributed by atoms with van der Waals surface area (Å²) in [6, 6.07) is 13.3. The molecule has 0 aliphatic carbocycles. The van der Waals surface area contributed by atoms with Crippen molar-refractivity contribution in [3.8, 4) is 5.75 Å². The molecule has 0 saturated carbocycles. The fourth-order valence-electron chi connectivity index (χ4n) is 3.52. The van der Waals surface area contributed by atoms with Crippen LogP contribution in [0, 0.1) is 0 Å². The van der Waals surface area contributed by atoms with Crippen LogP contribution in [0.4, 0.5) is 0 Å². The van der Waals surface area contributed by atoms with Crippen molar-refractivity contribution in [2.24, 2.45) is 0 Å². The molecule has 1 aliphatic heterocycles. The second-order valence-corrected chi connectivity index (χ2v) is 8.20. The third-order valence-electron chi connectivity index (χ3n) is 5.25. The molecule has 0 fully saturated rings. The molecule has 7 heteroatoms. The number of carboxylic acid groups (broad SMARTS) is 1. The van der Waals surface area contributed by atoms with E-state index >= 15 is 0 Å². The Kier molecular flexibility index (Phi) is 8.79. The predicted molar refractivity (Wildman–Crippen MR) is 124 cm³/mol. The number of carbonyl (C=O) groups is 1. The predicted octanol–water partition coefficient (Wildman–Crippen LogP) is 5.19. The molecule has 2 aromatic carbocycles. The topological polar surface area (TPSA) is 59.0 Å². The molecule has 3 rings (SSSR count). The molecule has 1 N–H and O–H groups in total. The van der Waals surface area contributed by atoms with Gasteiger partial charge in [-0.05, 0) is 54.3 Å². The highest BCUT2D eigenvalue weighted by molar-refractivity contribution is 6.42. The van der Waals surface area contributed by atoms with E-state index in [1.807, 2.05) is 42.5 Å². The summed E-state index contributed by atoms with van der Waals surface area (Å²) in [6.07, 6.45) is 2.70. The van der Waals surface area contributed by atoms with Gasteiger partial charge in [0, 0.05) is 32.7 Å². The van der Waals surface area contributed by atoms with Crippen LogP contribution in [0.2, 0.25) is 10.0 Å². The Labute approximate surface area is 193 Å². The molecule has 1 heterocycles. The minimum atomic E-state index is -0.944. The largest absolute Gasteiger partial charge is 0.492 e. The van der Waals surface area contributed by atoms with Crippen molar-refractivity contribution >= 4 is 34.7 Å². The zero-order chi connectivity index (χ0) is 22.2. The van der Waals surface area contributed by atoms with E-state index in [4.69, 9.17) is 32.7 Å². The van der Waals surface area contributed by atoms with Crippen molar-refractivity contribution < 1.29 is 19.4 Å². The van der Waals surface area contributed by atoms with Gasteiger partial charge in [0.25, 0.3) is 0 Å². The number of benzene rings is 2. The smallest absolute Gasteiger partial charge is 0.333 e. The lowest BCUT2D eigenvalue weighted by molar-refractivity contribution is -0.149. The van der Waals surface area contributed by atoms with Gasteiger partial charge in [-0.25, -0.2) is 4.79 Å². The van der Waals surface area contributed by atoms with Gasteiger partial charge in [-0.2, -0.15) is 0 Å². The highest BCUT2D eigenvalue weighted by atomic mass is 35.5. The van der Waals surface area contributed by atoms with Crippen molar-refractivity contribution in [2.75, 3.05) is 32.8 Å². The SMILES string of the molecule is CCO[C@@H](Cc1ccc(OCCN2CC=C(c3ccc(Cl)c(Cl)c3)CC2)cc1)C(=O)O. The Morgan fingerprint density at radius 2 is 1.94 bits per heavy atom. The Hall–Kier alpha value is -2.05. The third-order valence-corrected chi connectivity index (χ3v) is 5.99. The molecule has 5 nitrogen and oxygen atoms in total. The second kappa shape index (κ2) is 11.5. The molecule has 2 aromatic rings. The van der Waals surface area contributed by atoms with E-state index in [1.165, 1.54) is 5.57 Å². The maximum atomic E-state index is 11.2. The van der Waals surface area contributed by atoms with Crippen LogP contribution < -0.4 is 4.74 Å². The lowest BCUT2D eigenvalue weighted by Gasteiger charge is -2.26. The average molecular weight is 464 g/mol. The summed E-state index contributed by atoms with van der Waals surface area (Å²) in [5, 5.41) is 10.4. The fourth-order valence-corrected chi connectivity index (χ4v) is 3.82. The first-order valence-electron chi connectivity index (χ1n) is 10.4. The van der Waals surface area contributed by atoms with Gasteiger partial charge in [-0.3, -0.25) is 4.90 Å². The van der Waals surface area contributed by atoms with Crippen LogP contribution in [-0.2, 0) is 16.0 Å². The quantitative estimate of drug-likeness (QED) is 0.524. The van der Waals surface area contributed by atoms with E-state index in [1.54, 1.807) is 6.92 Å². The van der Waals surface area contributed by atoms with E-state index in [0.29, 0.717) is 29.7 Å². The standard InChI is InChI=1S/C24H27Cl2NO4/c1-2-30-23(24(28)29)15-17-3-6-20(7-4-17)31-14-13-27-11-9-18(10-12-27)19-5-8-21(25)22(26)16-19/h3-9,16,23H,2,10-15H2,1H3,(H,28,29)/t23-/m0/s1. The van der Waals surface area contributed by atoms with Crippen LogP contribution in [-0.4, -0.2) is 54.9 Å². The Morgan fingerprint density at radius 1 is 1.16 bits per heavy atom. The van der Waals surface area contributed by atoms with Crippen LogP contribution in [0.25, 0.3) is 5.57 Å². The molecular weight excluding hydrogens is 437 g/mol. The third kappa shape index (κ3) is 6.97. The van der Waals surface area contributed by atoms with Crippen LogP contribution in [0.15, 0.2) is 48.5 Å². The Morgan fingerprint density at radius 3 is 2.55 bits per heavy atom. The van der Waals surface area contributed by atoms with Gasteiger partial charge in [-0.1, -0.05) is 47.5 Å². The number of aliphatic carboxylic acids is 1. The van der Waals surface area contributed by atoms with Crippen molar-refractivity contribution in [3.05, 3.63) is 69.7 Å². The van der Waals surface area contributed by atoms with E-state index in [0.717, 1.165) is 42.9 Å². The first kappa shape index (κ1) is 23.6. The maximum absolute atomic E-state index is 11.2. The molecule has 166 valence electrons. The summed E-state index contributed by atoms with van der Waals surface area (Å²) in [5.41, 5.74) is 3.32. The number of hydrogen-bond acceptors (Lipinski definition) is 4. The minimum absolute atomic E-state index is 0.338. The summed E-state index contributed by atoms with van der Waals surface area (Å²) in [4.78, 5) is 13.6. The number of halogens is 2. The lowest BCUT2D eigenvalue weighted by atomic mass is 9.99. The van der Waals surface area contributed by atoms with Crippen LogP contribution in [0.3, 0.4) is 0 Å². The molecular formula is C24H27Cl2NO4. The van der Waals surface area contributed by atoms with E-state index in [2.05, 4.69) is 11.0 Å². The van der Waals surface area contributed by atoms with Crippen LogP contribution >= 0.6 is 23.2 Å². The number of ether oxygens (including phenoxy) is 2. The first-order valence-corrected chi connectivity index (χ1v) is 11.1. The Balaban J connectivity index is 1.44. The molecule has 0 spiro atoms. The van der Waals surface area contributed by atoms with Gasteiger partial charge in [0.15, 0.2) is 6.10 Å². The van der Waals surface area contributed by atoms with E-state index in [-0.39, 0.29) is 0 Å². The zero-order valence-corrected chi connectivity index (χ0v) is 19.0. The molecule has 0 amide bonds. The van der Waals surface area contributed by atoms with Crippen molar-refractivity contribution in [2.45, 2.75) is 25.9 Å². The summed E-state index contributed by atoms with van der Waals surface area (Å²) < 4.78 is 11.1. The van der Waals surface area contributed by atoms with Crippen LogP contribution in [0.1, 0.15) is 24.5 Å². The van der Waals surface area contributed by atoms with E-state index < -0.39 is 12.1 Å². The molecule has 1 atom stereocenters. The Bertz CT molecular complexity index is 914. The lowest BCUT2D eigenvalue weighted by Crippen LogP contribution is -2.32. The monoisotopic (exact) mass is 463 g/mol. The van der Waals surface area contributed by atoms with Crippen molar-refractivity contribution in [1.82, 2.24) is 4.90 Å².